The fraction of sp³-hybridized carbons (Fsp3) is 0.700. The molecule has 0 atom stereocenters. The van der Waals surface area contributed by atoms with Crippen LogP contribution < -0.4 is 0 Å². The molecule has 0 radical (unpaired) electrons. The molecule has 0 saturated heterocycles. The molecule has 0 unspecified atom stereocenters. The number of rotatable bonds is 5. The van der Waals surface area contributed by atoms with E-state index in [1.807, 2.05) is 6.08 Å². The predicted molar refractivity (Wildman–Crippen MR) is 57.0 cm³/mol. The van der Waals surface area contributed by atoms with Gasteiger partial charge in [-0.3, -0.25) is 0 Å². The third-order valence-electron chi connectivity index (χ3n) is 1.73. The lowest BCUT2D eigenvalue weighted by Gasteiger charge is -2.09. The predicted octanol–water partition coefficient (Wildman–Crippen LogP) is 3.18. The number of hydrogen-bond acceptors (Lipinski definition) is 1. The van der Waals surface area contributed by atoms with Crippen molar-refractivity contribution in [1.29, 1.82) is 0 Å². The second-order valence-corrected chi connectivity index (χ2v) is 9.15. The first-order valence-corrected chi connectivity index (χ1v) is 8.19. The molecule has 0 bridgehead atoms. The molecule has 0 rings (SSSR count). The molecule has 0 aromatic rings. The van der Waals surface area contributed by atoms with Crippen molar-refractivity contribution in [3.63, 3.8) is 0 Å². The zero-order chi connectivity index (χ0) is 9.61. The molecule has 0 aromatic carbocycles. The molecule has 0 aliphatic heterocycles. The van der Waals surface area contributed by atoms with Gasteiger partial charge in [0.25, 0.3) is 0 Å². The fourth-order valence-corrected chi connectivity index (χ4v) is 1.38. The minimum Gasteiger partial charge on any atom is -0.301 e. The Morgan fingerprint density at radius 1 is 1.33 bits per heavy atom. The second-order valence-electron chi connectivity index (χ2n) is 4.16. The molecule has 0 spiro atoms. The number of allylic oxidation sites excluding steroid dienone is 2. The Morgan fingerprint density at radius 3 is 2.33 bits per heavy atom. The zero-order valence-corrected chi connectivity index (χ0v) is 9.68. The van der Waals surface area contributed by atoms with Crippen molar-refractivity contribution in [3.8, 4) is 0 Å². The molecule has 0 aliphatic carbocycles. The van der Waals surface area contributed by atoms with Gasteiger partial charge in [0, 0.05) is 0 Å². The number of hydrogen-bond donors (Lipinski definition) is 0. The van der Waals surface area contributed by atoms with Gasteiger partial charge in [-0.2, -0.15) is 0 Å². The number of carbonyl (C=O) groups is 1. The Bertz CT molecular complexity index is 165. The summed E-state index contributed by atoms with van der Waals surface area (Å²) in [5.74, 6) is 0. The average molecular weight is 184 g/mol. The van der Waals surface area contributed by atoms with Crippen LogP contribution in [0, 0.1) is 0 Å². The minimum absolute atomic E-state index is 0.360. The lowest BCUT2D eigenvalue weighted by atomic mass is 10.2. The van der Waals surface area contributed by atoms with Crippen LogP contribution in [-0.2, 0) is 4.79 Å². The van der Waals surface area contributed by atoms with Crippen molar-refractivity contribution in [3.05, 3.63) is 12.2 Å². The van der Waals surface area contributed by atoms with Crippen LogP contribution in [0.25, 0.3) is 0 Å². The fourth-order valence-electron chi connectivity index (χ4n) is 0.762. The van der Waals surface area contributed by atoms with Gasteiger partial charge in [-0.25, -0.2) is 0 Å². The van der Waals surface area contributed by atoms with E-state index < -0.39 is 8.07 Å². The van der Waals surface area contributed by atoms with Crippen molar-refractivity contribution in [2.45, 2.75) is 45.8 Å². The summed E-state index contributed by atoms with van der Waals surface area (Å²) in [4.78, 5) is 11.4. The summed E-state index contributed by atoms with van der Waals surface area (Å²) in [5, 5.41) is 0.360. The molecule has 0 fully saturated rings. The van der Waals surface area contributed by atoms with Crippen LogP contribution in [0.2, 0.25) is 19.6 Å². The molecule has 12 heavy (non-hydrogen) atoms. The van der Waals surface area contributed by atoms with Gasteiger partial charge < -0.3 is 4.79 Å². The summed E-state index contributed by atoms with van der Waals surface area (Å²) in [6, 6.07) is 0. The Kier molecular flexibility index (Phi) is 5.14. The quantitative estimate of drug-likeness (QED) is 0.364. The monoisotopic (exact) mass is 184 g/mol. The molecule has 0 saturated carbocycles. The molecule has 0 aromatic heterocycles. The molecule has 2 heteroatoms. The average Bonchev–Trinajstić information content (AvgIpc) is 1.96. The normalized spacial score (nSPS) is 12.3. The summed E-state index contributed by atoms with van der Waals surface area (Å²) >= 11 is 0. The Labute approximate surface area is 76.9 Å². The van der Waals surface area contributed by atoms with Crippen molar-refractivity contribution in [2.75, 3.05) is 0 Å². The number of unbranched alkanes of at least 4 members (excludes halogenated alkanes) is 2. The highest BCUT2D eigenvalue weighted by Gasteiger charge is 2.20. The highest BCUT2D eigenvalue weighted by molar-refractivity contribution is 7.04. The summed E-state index contributed by atoms with van der Waals surface area (Å²) in [5.41, 5.74) is 0. The molecule has 70 valence electrons. The Balaban J connectivity index is 3.77. The van der Waals surface area contributed by atoms with E-state index in [0.29, 0.717) is 5.41 Å². The second kappa shape index (κ2) is 5.30. The van der Waals surface area contributed by atoms with Crippen LogP contribution in [0.5, 0.6) is 0 Å². The number of carbonyl (C=O) groups excluding carboxylic acids is 1. The van der Waals surface area contributed by atoms with Crippen LogP contribution in [0.15, 0.2) is 12.2 Å². The zero-order valence-electron chi connectivity index (χ0n) is 8.68. The van der Waals surface area contributed by atoms with Gasteiger partial charge in [0.15, 0.2) is 0 Å². The maximum Gasteiger partial charge on any atom is 0.132 e. The van der Waals surface area contributed by atoms with Crippen molar-refractivity contribution < 1.29 is 4.79 Å². The van der Waals surface area contributed by atoms with E-state index in [0.717, 1.165) is 6.42 Å². The molecule has 1 nitrogen and oxygen atoms in total. The third kappa shape index (κ3) is 5.30. The van der Waals surface area contributed by atoms with Crippen LogP contribution >= 0.6 is 0 Å². The van der Waals surface area contributed by atoms with Crippen molar-refractivity contribution in [2.24, 2.45) is 0 Å². The summed E-state index contributed by atoms with van der Waals surface area (Å²) in [6.07, 6.45) is 7.24. The summed E-state index contributed by atoms with van der Waals surface area (Å²) < 4.78 is 0. The SMILES string of the molecule is CCCC/C=C/C(=O)[Si](C)(C)C. The lowest BCUT2D eigenvalue weighted by molar-refractivity contribution is -0.108. The van der Waals surface area contributed by atoms with Crippen LogP contribution in [0.1, 0.15) is 26.2 Å². The highest BCUT2D eigenvalue weighted by atomic mass is 28.3. The van der Waals surface area contributed by atoms with Gasteiger partial charge in [-0.05, 0) is 12.5 Å². The Morgan fingerprint density at radius 2 is 1.92 bits per heavy atom. The summed E-state index contributed by atoms with van der Waals surface area (Å²) in [6.45, 7) is 8.41. The van der Waals surface area contributed by atoms with E-state index in [4.69, 9.17) is 0 Å². The first-order chi connectivity index (χ1) is 5.48. The molecule has 0 amide bonds. The van der Waals surface area contributed by atoms with E-state index >= 15 is 0 Å². The molecule has 0 N–H and O–H groups in total. The highest BCUT2D eigenvalue weighted by Crippen LogP contribution is 2.04. The maximum atomic E-state index is 11.4. The third-order valence-corrected chi connectivity index (χ3v) is 3.38. The molecule has 0 aliphatic rings. The van der Waals surface area contributed by atoms with Gasteiger partial charge in [-0.15, -0.1) is 0 Å². The minimum atomic E-state index is -1.55. The van der Waals surface area contributed by atoms with Gasteiger partial charge >= 0.3 is 0 Å². The van der Waals surface area contributed by atoms with E-state index in [1.54, 1.807) is 6.08 Å². The largest absolute Gasteiger partial charge is 0.301 e. The molecule has 0 heterocycles. The Hall–Kier alpha value is -0.373. The van der Waals surface area contributed by atoms with E-state index in [2.05, 4.69) is 26.6 Å². The molecular formula is C10H20OSi. The van der Waals surface area contributed by atoms with Gasteiger partial charge in [0.05, 0.1) is 0 Å². The molecular weight excluding hydrogens is 164 g/mol. The van der Waals surface area contributed by atoms with Gasteiger partial charge in [0.2, 0.25) is 0 Å². The first kappa shape index (κ1) is 11.6. The van der Waals surface area contributed by atoms with E-state index in [9.17, 15) is 4.79 Å². The standard InChI is InChI=1S/C10H20OSi/c1-5-6-7-8-9-10(11)12(2,3)4/h8-9H,5-7H2,1-4H3/b9-8+. The van der Waals surface area contributed by atoms with E-state index in [1.165, 1.54) is 12.8 Å². The lowest BCUT2D eigenvalue weighted by Crippen LogP contribution is -2.31. The van der Waals surface area contributed by atoms with Gasteiger partial charge in [-0.1, -0.05) is 45.5 Å². The smallest absolute Gasteiger partial charge is 0.132 e. The van der Waals surface area contributed by atoms with Crippen LogP contribution in [-0.4, -0.2) is 13.5 Å². The van der Waals surface area contributed by atoms with Crippen LogP contribution in [0.4, 0.5) is 0 Å². The van der Waals surface area contributed by atoms with Crippen molar-refractivity contribution in [1.82, 2.24) is 0 Å². The first-order valence-electron chi connectivity index (χ1n) is 4.69. The van der Waals surface area contributed by atoms with E-state index in [-0.39, 0.29) is 0 Å². The van der Waals surface area contributed by atoms with Gasteiger partial charge in [0.1, 0.15) is 13.5 Å². The van der Waals surface area contributed by atoms with Crippen LogP contribution in [0.3, 0.4) is 0 Å². The maximum absolute atomic E-state index is 11.4. The van der Waals surface area contributed by atoms with Crippen molar-refractivity contribution >= 4 is 13.5 Å². The topological polar surface area (TPSA) is 17.1 Å². The summed E-state index contributed by atoms with van der Waals surface area (Å²) in [7, 11) is -1.55.